The fraction of sp³-hybridized carbons (Fsp3) is 0.333. The third-order valence-corrected chi connectivity index (χ3v) is 6.72. The van der Waals surface area contributed by atoms with Crippen LogP contribution in [0.1, 0.15) is 39.9 Å². The van der Waals surface area contributed by atoms with E-state index in [1.165, 1.54) is 0 Å². The van der Waals surface area contributed by atoms with Crippen LogP contribution >= 0.6 is 0 Å². The third kappa shape index (κ3) is 4.43. The van der Waals surface area contributed by atoms with Gasteiger partial charge in [-0.25, -0.2) is 0 Å². The third-order valence-electron chi connectivity index (χ3n) is 6.72. The summed E-state index contributed by atoms with van der Waals surface area (Å²) in [5, 5.41) is 3.04. The first-order valence-corrected chi connectivity index (χ1v) is 11.6. The molecular formula is C27H28N2O5. The monoisotopic (exact) mass is 460 g/mol. The van der Waals surface area contributed by atoms with Crippen molar-refractivity contribution in [2.24, 2.45) is 0 Å². The summed E-state index contributed by atoms with van der Waals surface area (Å²) in [7, 11) is 0. The number of benzene rings is 2. The van der Waals surface area contributed by atoms with Crippen LogP contribution in [0.15, 0.2) is 65.6 Å². The van der Waals surface area contributed by atoms with Crippen LogP contribution in [-0.4, -0.2) is 37.0 Å². The summed E-state index contributed by atoms with van der Waals surface area (Å²) < 4.78 is 18.2. The molecule has 1 fully saturated rings. The van der Waals surface area contributed by atoms with Gasteiger partial charge in [0.2, 0.25) is 6.79 Å². The molecule has 7 nitrogen and oxygen atoms in total. The van der Waals surface area contributed by atoms with Gasteiger partial charge in [-0.1, -0.05) is 35.9 Å². The van der Waals surface area contributed by atoms with Crippen molar-refractivity contribution >= 4 is 5.91 Å². The zero-order chi connectivity index (χ0) is 23.5. The number of rotatable bonds is 6. The molecule has 0 radical (unpaired) electrons. The minimum atomic E-state index is -0.366. The minimum Gasteiger partial charge on any atom is -0.454 e. The van der Waals surface area contributed by atoms with Crippen molar-refractivity contribution < 1.29 is 19.0 Å². The minimum absolute atomic E-state index is 0.142. The van der Waals surface area contributed by atoms with Crippen molar-refractivity contribution in [3.63, 3.8) is 0 Å². The molecule has 0 unspecified atom stereocenters. The van der Waals surface area contributed by atoms with E-state index in [1.807, 2.05) is 49.4 Å². The zero-order valence-electron chi connectivity index (χ0n) is 19.2. The quantitative estimate of drug-likeness (QED) is 0.610. The van der Waals surface area contributed by atoms with Gasteiger partial charge in [0, 0.05) is 31.4 Å². The van der Waals surface area contributed by atoms with Crippen molar-refractivity contribution in [3.05, 3.63) is 93.4 Å². The van der Waals surface area contributed by atoms with E-state index in [9.17, 15) is 9.59 Å². The first-order chi connectivity index (χ1) is 16.5. The van der Waals surface area contributed by atoms with Gasteiger partial charge >= 0.3 is 0 Å². The highest BCUT2D eigenvalue weighted by Crippen LogP contribution is 2.40. The molecule has 0 bridgehead atoms. The molecule has 1 N–H and O–H groups in total. The Bertz CT molecular complexity index is 1260. The van der Waals surface area contributed by atoms with Crippen molar-refractivity contribution in [1.29, 1.82) is 0 Å². The second-order valence-electron chi connectivity index (χ2n) is 8.99. The summed E-state index contributed by atoms with van der Waals surface area (Å²) in [6, 6.07) is 17.3. The highest BCUT2D eigenvalue weighted by molar-refractivity contribution is 5.93. The molecule has 0 aliphatic carbocycles. The predicted octanol–water partition coefficient (Wildman–Crippen LogP) is 3.41. The highest BCUT2D eigenvalue weighted by atomic mass is 16.7. The Kier molecular flexibility index (Phi) is 6.11. The van der Waals surface area contributed by atoms with Crippen molar-refractivity contribution in [1.82, 2.24) is 9.88 Å². The normalized spacial score (nSPS) is 16.3. The van der Waals surface area contributed by atoms with Gasteiger partial charge in [0.25, 0.3) is 11.5 Å². The highest BCUT2D eigenvalue weighted by Gasteiger charge is 2.36. The molecule has 2 aromatic carbocycles. The predicted molar refractivity (Wildman–Crippen MR) is 128 cm³/mol. The maximum atomic E-state index is 13.1. The van der Waals surface area contributed by atoms with Gasteiger partial charge in [0.05, 0.1) is 6.54 Å². The van der Waals surface area contributed by atoms with Gasteiger partial charge in [-0.05, 0) is 55.2 Å². The average molecular weight is 461 g/mol. The summed E-state index contributed by atoms with van der Waals surface area (Å²) in [5.41, 5.74) is 2.76. The molecule has 1 saturated heterocycles. The molecule has 5 rings (SSSR count). The van der Waals surface area contributed by atoms with Crippen molar-refractivity contribution in [3.8, 4) is 11.5 Å². The first-order valence-electron chi connectivity index (χ1n) is 11.6. The summed E-state index contributed by atoms with van der Waals surface area (Å²) in [6.45, 7) is 4.27. The Morgan fingerprint density at radius 2 is 1.85 bits per heavy atom. The molecule has 0 saturated carbocycles. The molecule has 34 heavy (non-hydrogen) atoms. The van der Waals surface area contributed by atoms with Crippen molar-refractivity contribution in [2.45, 2.75) is 31.7 Å². The second kappa shape index (κ2) is 9.35. The van der Waals surface area contributed by atoms with E-state index in [-0.39, 0.29) is 29.2 Å². The van der Waals surface area contributed by atoms with Crippen LogP contribution in [0, 0.1) is 6.92 Å². The number of nitrogens with zero attached hydrogens (tertiary/aromatic N) is 1. The lowest BCUT2D eigenvalue weighted by atomic mass is 9.74. The first kappa shape index (κ1) is 22.2. The number of aryl methyl sites for hydroxylation is 1. The summed E-state index contributed by atoms with van der Waals surface area (Å²) in [4.78, 5) is 26.2. The maximum absolute atomic E-state index is 13.1. The van der Waals surface area contributed by atoms with Crippen LogP contribution in [0.4, 0.5) is 0 Å². The topological polar surface area (TPSA) is 78.8 Å². The van der Waals surface area contributed by atoms with Gasteiger partial charge in [-0.3, -0.25) is 9.59 Å². The van der Waals surface area contributed by atoms with Crippen LogP contribution < -0.4 is 20.3 Å². The van der Waals surface area contributed by atoms with Crippen LogP contribution in [-0.2, 0) is 16.7 Å². The SMILES string of the molecule is Cc1cccc(Cn2cccc(C(=O)NCC3(c4ccc5c(c4)OCO5)CCOCC3)c2=O)c1. The number of hydrogen-bond acceptors (Lipinski definition) is 5. The van der Waals surface area contributed by atoms with E-state index in [2.05, 4.69) is 5.32 Å². The molecule has 176 valence electrons. The number of amides is 1. The van der Waals surface area contributed by atoms with Gasteiger partial charge < -0.3 is 24.1 Å². The van der Waals surface area contributed by atoms with E-state index in [1.54, 1.807) is 22.9 Å². The van der Waals surface area contributed by atoms with Gasteiger partial charge in [0.15, 0.2) is 11.5 Å². The molecule has 2 aliphatic heterocycles. The smallest absolute Gasteiger partial charge is 0.263 e. The Hall–Kier alpha value is -3.58. The molecule has 0 spiro atoms. The molecule has 3 heterocycles. The van der Waals surface area contributed by atoms with E-state index >= 15 is 0 Å². The number of nitrogens with one attached hydrogen (secondary N) is 1. The number of fused-ring (bicyclic) bond motifs is 1. The molecule has 1 aromatic heterocycles. The van der Waals surface area contributed by atoms with Crippen LogP contribution in [0.5, 0.6) is 11.5 Å². The molecule has 2 aliphatic rings. The van der Waals surface area contributed by atoms with E-state index in [0.717, 1.165) is 41.0 Å². The zero-order valence-corrected chi connectivity index (χ0v) is 19.2. The molecular weight excluding hydrogens is 432 g/mol. The fourth-order valence-electron chi connectivity index (χ4n) is 4.74. The molecule has 3 aromatic rings. The number of ether oxygens (including phenoxy) is 3. The van der Waals surface area contributed by atoms with E-state index < -0.39 is 0 Å². The summed E-state index contributed by atoms with van der Waals surface area (Å²) in [5.74, 6) is 1.08. The van der Waals surface area contributed by atoms with Crippen LogP contribution in [0.2, 0.25) is 0 Å². The average Bonchev–Trinajstić information content (AvgIpc) is 3.33. The number of hydrogen-bond donors (Lipinski definition) is 1. The molecule has 7 heteroatoms. The lowest BCUT2D eigenvalue weighted by molar-refractivity contribution is 0.0486. The van der Waals surface area contributed by atoms with Crippen LogP contribution in [0.3, 0.4) is 0 Å². The standard InChI is InChI=1S/C27H28N2O5/c1-19-4-2-5-20(14-19)16-29-11-3-6-22(26(29)31)25(30)28-17-27(9-12-32-13-10-27)21-7-8-23-24(15-21)34-18-33-23/h2-8,11,14-15H,9-10,12-13,16-18H2,1H3,(H,28,30). The van der Waals surface area contributed by atoms with E-state index in [4.69, 9.17) is 14.2 Å². The Morgan fingerprint density at radius 3 is 2.68 bits per heavy atom. The maximum Gasteiger partial charge on any atom is 0.263 e. The fourth-order valence-corrected chi connectivity index (χ4v) is 4.74. The second-order valence-corrected chi connectivity index (χ2v) is 8.99. The molecule has 0 atom stereocenters. The van der Waals surface area contributed by atoms with Crippen LogP contribution in [0.25, 0.3) is 0 Å². The van der Waals surface area contributed by atoms with Gasteiger partial charge in [-0.2, -0.15) is 0 Å². The lowest BCUT2D eigenvalue weighted by Gasteiger charge is -2.38. The number of carbonyl (C=O) groups excluding carboxylic acids is 1. The Labute approximate surface area is 198 Å². The van der Waals surface area contributed by atoms with E-state index in [0.29, 0.717) is 26.3 Å². The number of aromatic nitrogens is 1. The largest absolute Gasteiger partial charge is 0.454 e. The lowest BCUT2D eigenvalue weighted by Crippen LogP contribution is -2.45. The van der Waals surface area contributed by atoms with Gasteiger partial charge in [0.1, 0.15) is 5.56 Å². The Balaban J connectivity index is 1.35. The van der Waals surface area contributed by atoms with Crippen molar-refractivity contribution in [2.75, 3.05) is 26.6 Å². The Morgan fingerprint density at radius 1 is 1.03 bits per heavy atom. The molecule has 1 amide bonds. The summed E-state index contributed by atoms with van der Waals surface area (Å²) >= 11 is 0. The van der Waals surface area contributed by atoms with Gasteiger partial charge in [-0.15, -0.1) is 0 Å². The number of carbonyl (C=O) groups is 1. The summed E-state index contributed by atoms with van der Waals surface area (Å²) in [6.07, 6.45) is 3.24. The number of pyridine rings is 1.